The number of nitrogens with one attached hydrogen (secondary N) is 1. The first-order valence-electron chi connectivity index (χ1n) is 11.4. The lowest BCUT2D eigenvalue weighted by atomic mass is 9.93. The van der Waals surface area contributed by atoms with E-state index in [1.165, 1.54) is 5.56 Å². The van der Waals surface area contributed by atoms with Crippen molar-refractivity contribution < 1.29 is 9.53 Å². The Bertz CT molecular complexity index is 754. The van der Waals surface area contributed by atoms with Crippen LogP contribution in [-0.4, -0.2) is 92.1 Å². The van der Waals surface area contributed by atoms with E-state index in [0.717, 1.165) is 83.4 Å². The van der Waals surface area contributed by atoms with Gasteiger partial charge in [-0.1, -0.05) is 18.2 Å². The maximum Gasteiger partial charge on any atom is 0.239 e. The highest BCUT2D eigenvalue weighted by Gasteiger charge is 2.30. The zero-order valence-electron chi connectivity index (χ0n) is 18.3. The van der Waals surface area contributed by atoms with Gasteiger partial charge in [-0.2, -0.15) is 0 Å². The van der Waals surface area contributed by atoms with Gasteiger partial charge in [0.2, 0.25) is 5.91 Å². The first kappa shape index (κ1) is 21.0. The molecular formula is C23H35N5O2. The van der Waals surface area contributed by atoms with Crippen molar-refractivity contribution in [2.75, 3.05) is 59.5 Å². The molecule has 0 spiro atoms. The van der Waals surface area contributed by atoms with Gasteiger partial charge in [0, 0.05) is 58.8 Å². The minimum Gasteiger partial charge on any atom is -0.493 e. The van der Waals surface area contributed by atoms with Crippen LogP contribution in [0.3, 0.4) is 0 Å². The van der Waals surface area contributed by atoms with Crippen LogP contribution >= 0.6 is 0 Å². The third-order valence-corrected chi connectivity index (χ3v) is 6.74. The second-order valence-electron chi connectivity index (χ2n) is 8.53. The van der Waals surface area contributed by atoms with E-state index in [0.29, 0.717) is 11.8 Å². The molecule has 0 saturated carbocycles. The molecule has 0 aromatic heterocycles. The minimum atomic E-state index is -0.0287. The molecule has 30 heavy (non-hydrogen) atoms. The van der Waals surface area contributed by atoms with Crippen LogP contribution in [0.4, 0.5) is 0 Å². The molecule has 2 unspecified atom stereocenters. The normalized spacial score (nSPS) is 23.7. The van der Waals surface area contributed by atoms with Gasteiger partial charge in [-0.3, -0.25) is 14.7 Å². The number of amides is 1. The van der Waals surface area contributed by atoms with Crippen LogP contribution < -0.4 is 10.1 Å². The number of rotatable bonds is 4. The van der Waals surface area contributed by atoms with Crippen LogP contribution in [0.5, 0.6) is 5.75 Å². The molecule has 1 aromatic rings. The molecular weight excluding hydrogens is 378 g/mol. The number of fused-ring (bicyclic) bond motifs is 1. The maximum absolute atomic E-state index is 12.7. The Hall–Kier alpha value is -2.28. The second-order valence-corrected chi connectivity index (χ2v) is 8.53. The Morgan fingerprint density at radius 1 is 1.13 bits per heavy atom. The first-order valence-corrected chi connectivity index (χ1v) is 11.4. The van der Waals surface area contributed by atoms with Crippen LogP contribution in [0, 0.1) is 0 Å². The number of benzene rings is 1. The zero-order chi connectivity index (χ0) is 20.9. The van der Waals surface area contributed by atoms with Crippen LogP contribution in [0.25, 0.3) is 0 Å². The number of nitrogens with zero attached hydrogens (tertiary/aromatic N) is 4. The van der Waals surface area contributed by atoms with Crippen LogP contribution in [0.15, 0.2) is 29.3 Å². The molecule has 2 saturated heterocycles. The number of carbonyl (C=O) groups excluding carboxylic acids is 1. The second kappa shape index (κ2) is 9.69. The van der Waals surface area contributed by atoms with Crippen molar-refractivity contribution in [1.29, 1.82) is 0 Å². The smallest absolute Gasteiger partial charge is 0.239 e. The monoisotopic (exact) mass is 413 g/mol. The standard InChI is InChI=1S/C23H35N5O2/c1-18(22(29)27-10-5-6-11-27)26-12-14-28(15-13-26)23(24-2)25-17-19-9-16-30-21-8-4-3-7-20(19)21/h3-4,7-8,18-19H,5-6,9-17H2,1-2H3,(H,24,25). The number of hydrogen-bond acceptors (Lipinski definition) is 4. The highest BCUT2D eigenvalue weighted by molar-refractivity contribution is 5.82. The summed E-state index contributed by atoms with van der Waals surface area (Å²) in [4.78, 5) is 23.9. The Morgan fingerprint density at radius 3 is 2.60 bits per heavy atom. The summed E-state index contributed by atoms with van der Waals surface area (Å²) in [6, 6.07) is 8.31. The Morgan fingerprint density at radius 2 is 1.87 bits per heavy atom. The van der Waals surface area contributed by atoms with E-state index in [-0.39, 0.29) is 6.04 Å². The summed E-state index contributed by atoms with van der Waals surface area (Å²) in [7, 11) is 1.85. The summed E-state index contributed by atoms with van der Waals surface area (Å²) < 4.78 is 5.79. The Labute approximate surface area is 180 Å². The van der Waals surface area contributed by atoms with Gasteiger partial charge in [0.15, 0.2) is 5.96 Å². The van der Waals surface area contributed by atoms with E-state index in [1.807, 2.05) is 18.0 Å². The molecule has 2 fully saturated rings. The van der Waals surface area contributed by atoms with Crippen molar-refractivity contribution in [2.45, 2.75) is 38.1 Å². The molecule has 3 aliphatic rings. The SMILES string of the molecule is CN=C(NCC1CCOc2ccccc21)N1CCN(C(C)C(=O)N2CCCC2)CC1. The van der Waals surface area contributed by atoms with E-state index < -0.39 is 0 Å². The summed E-state index contributed by atoms with van der Waals surface area (Å²) in [5, 5.41) is 3.59. The summed E-state index contributed by atoms with van der Waals surface area (Å²) in [5.41, 5.74) is 1.28. The van der Waals surface area contributed by atoms with Crippen molar-refractivity contribution in [3.05, 3.63) is 29.8 Å². The fraction of sp³-hybridized carbons (Fsp3) is 0.652. The average molecular weight is 414 g/mol. The van der Waals surface area contributed by atoms with Crippen LogP contribution in [0.2, 0.25) is 0 Å². The van der Waals surface area contributed by atoms with Gasteiger partial charge in [-0.15, -0.1) is 0 Å². The minimum absolute atomic E-state index is 0.0287. The predicted molar refractivity (Wildman–Crippen MR) is 119 cm³/mol. The van der Waals surface area contributed by atoms with Gasteiger partial charge in [-0.05, 0) is 37.8 Å². The molecule has 7 nitrogen and oxygen atoms in total. The summed E-state index contributed by atoms with van der Waals surface area (Å²) in [5.74, 6) is 2.70. The molecule has 3 aliphatic heterocycles. The number of aliphatic imine (C=N–C) groups is 1. The molecule has 1 aromatic carbocycles. The molecule has 164 valence electrons. The summed E-state index contributed by atoms with van der Waals surface area (Å²) >= 11 is 0. The molecule has 4 rings (SSSR count). The molecule has 2 atom stereocenters. The van der Waals surface area contributed by atoms with Crippen molar-refractivity contribution in [2.24, 2.45) is 4.99 Å². The summed E-state index contributed by atoms with van der Waals surface area (Å²) in [6.07, 6.45) is 3.31. The molecule has 0 aliphatic carbocycles. The molecule has 0 radical (unpaired) electrons. The number of para-hydroxylation sites is 1. The van der Waals surface area contributed by atoms with Gasteiger partial charge in [0.1, 0.15) is 5.75 Å². The molecule has 3 heterocycles. The Balaban J connectivity index is 1.28. The van der Waals surface area contributed by atoms with E-state index in [4.69, 9.17) is 4.74 Å². The number of carbonyl (C=O) groups is 1. The lowest BCUT2D eigenvalue weighted by molar-refractivity contribution is -0.135. The number of piperazine rings is 1. The maximum atomic E-state index is 12.7. The van der Waals surface area contributed by atoms with Crippen LogP contribution in [-0.2, 0) is 4.79 Å². The zero-order valence-corrected chi connectivity index (χ0v) is 18.3. The lowest BCUT2D eigenvalue weighted by Gasteiger charge is -2.40. The van der Waals surface area contributed by atoms with E-state index in [9.17, 15) is 4.79 Å². The van der Waals surface area contributed by atoms with Crippen molar-refractivity contribution >= 4 is 11.9 Å². The number of likely N-dealkylation sites (tertiary alicyclic amines) is 1. The Kier molecular flexibility index (Phi) is 6.77. The van der Waals surface area contributed by atoms with Gasteiger partial charge in [0.25, 0.3) is 0 Å². The third kappa shape index (κ3) is 4.56. The number of ether oxygens (including phenoxy) is 1. The molecule has 1 N–H and O–H groups in total. The third-order valence-electron chi connectivity index (χ3n) is 6.74. The van der Waals surface area contributed by atoms with Crippen molar-refractivity contribution in [3.8, 4) is 5.75 Å². The quantitative estimate of drug-likeness (QED) is 0.602. The molecule has 7 heteroatoms. The largest absolute Gasteiger partial charge is 0.493 e. The predicted octanol–water partition coefficient (Wildman–Crippen LogP) is 1.76. The average Bonchev–Trinajstić information content (AvgIpc) is 3.34. The topological polar surface area (TPSA) is 60.4 Å². The number of hydrogen-bond donors (Lipinski definition) is 1. The summed E-state index contributed by atoms with van der Waals surface area (Å²) in [6.45, 7) is 9.10. The van der Waals surface area contributed by atoms with Gasteiger partial charge < -0.3 is 19.9 Å². The highest BCUT2D eigenvalue weighted by Crippen LogP contribution is 2.32. The first-order chi connectivity index (χ1) is 14.7. The van der Waals surface area contributed by atoms with Gasteiger partial charge >= 0.3 is 0 Å². The van der Waals surface area contributed by atoms with Gasteiger partial charge in [-0.25, -0.2) is 0 Å². The van der Waals surface area contributed by atoms with E-state index in [2.05, 4.69) is 45.2 Å². The molecule has 1 amide bonds. The van der Waals surface area contributed by atoms with Crippen molar-refractivity contribution in [1.82, 2.24) is 20.0 Å². The number of guanidine groups is 1. The highest BCUT2D eigenvalue weighted by atomic mass is 16.5. The molecule has 0 bridgehead atoms. The van der Waals surface area contributed by atoms with Crippen molar-refractivity contribution in [3.63, 3.8) is 0 Å². The van der Waals surface area contributed by atoms with E-state index >= 15 is 0 Å². The fourth-order valence-electron chi connectivity index (χ4n) is 4.85. The van der Waals surface area contributed by atoms with Crippen LogP contribution in [0.1, 0.15) is 37.7 Å². The van der Waals surface area contributed by atoms with E-state index in [1.54, 1.807) is 0 Å². The van der Waals surface area contributed by atoms with Gasteiger partial charge in [0.05, 0.1) is 12.6 Å². The lowest BCUT2D eigenvalue weighted by Crippen LogP contribution is -2.57. The fourth-order valence-corrected chi connectivity index (χ4v) is 4.85.